The number of thioether (sulfide) groups is 1. The molecule has 0 unspecified atom stereocenters. The lowest BCUT2D eigenvalue weighted by molar-refractivity contribution is 0.0955. The highest BCUT2D eigenvalue weighted by Crippen LogP contribution is 2.16. The molecule has 0 saturated carbocycles. The first-order valence-electron chi connectivity index (χ1n) is 6.51. The van der Waals surface area contributed by atoms with Crippen molar-refractivity contribution in [3.05, 3.63) is 70.5 Å². The second kappa shape index (κ2) is 8.05. The Bertz CT molecular complexity index is 621. The quantitative estimate of drug-likeness (QED) is 0.809. The molecule has 0 radical (unpaired) electrons. The molecule has 21 heavy (non-hydrogen) atoms. The summed E-state index contributed by atoms with van der Waals surface area (Å²) in [7, 11) is 0. The summed E-state index contributed by atoms with van der Waals surface area (Å²) < 4.78 is 13.0. The van der Waals surface area contributed by atoms with Gasteiger partial charge in [-0.05, 0) is 35.9 Å². The van der Waals surface area contributed by atoms with Gasteiger partial charge in [0, 0.05) is 28.6 Å². The third-order valence-corrected chi connectivity index (χ3v) is 4.04. The van der Waals surface area contributed by atoms with Gasteiger partial charge in [0.05, 0.1) is 0 Å². The lowest BCUT2D eigenvalue weighted by Crippen LogP contribution is -2.25. The molecule has 0 saturated heterocycles. The van der Waals surface area contributed by atoms with Gasteiger partial charge in [0.25, 0.3) is 5.91 Å². The van der Waals surface area contributed by atoms with Crippen LogP contribution in [0.25, 0.3) is 0 Å². The van der Waals surface area contributed by atoms with Crippen LogP contribution in [0.3, 0.4) is 0 Å². The van der Waals surface area contributed by atoms with Crippen LogP contribution in [0.15, 0.2) is 48.5 Å². The van der Waals surface area contributed by atoms with Crippen LogP contribution in [0.1, 0.15) is 15.9 Å². The van der Waals surface area contributed by atoms with Gasteiger partial charge in [0.1, 0.15) is 5.82 Å². The summed E-state index contributed by atoms with van der Waals surface area (Å²) in [6, 6.07) is 13.4. The van der Waals surface area contributed by atoms with Crippen molar-refractivity contribution in [2.75, 3.05) is 12.3 Å². The number of benzene rings is 2. The van der Waals surface area contributed by atoms with Crippen LogP contribution in [-0.2, 0) is 5.75 Å². The van der Waals surface area contributed by atoms with Crippen molar-refractivity contribution in [1.82, 2.24) is 5.32 Å². The van der Waals surface area contributed by atoms with E-state index in [1.165, 1.54) is 18.2 Å². The smallest absolute Gasteiger partial charge is 0.251 e. The first kappa shape index (κ1) is 15.9. The summed E-state index contributed by atoms with van der Waals surface area (Å²) in [6.45, 7) is 0.542. The maximum absolute atomic E-state index is 13.0. The van der Waals surface area contributed by atoms with Crippen LogP contribution in [0.5, 0.6) is 0 Å². The normalized spacial score (nSPS) is 10.4. The summed E-state index contributed by atoms with van der Waals surface area (Å²) in [6.07, 6.45) is 0. The highest BCUT2D eigenvalue weighted by molar-refractivity contribution is 7.98. The molecule has 2 aromatic rings. The summed E-state index contributed by atoms with van der Waals surface area (Å²) in [5.74, 6) is 0.972. The van der Waals surface area contributed by atoms with E-state index in [1.54, 1.807) is 17.8 Å². The predicted octanol–water partition coefficient (Wildman–Crippen LogP) is 4.14. The van der Waals surface area contributed by atoms with E-state index >= 15 is 0 Å². The average molecular weight is 324 g/mol. The highest BCUT2D eigenvalue weighted by Gasteiger charge is 2.05. The Balaban J connectivity index is 1.69. The van der Waals surface area contributed by atoms with E-state index in [1.807, 2.05) is 24.3 Å². The van der Waals surface area contributed by atoms with Crippen molar-refractivity contribution in [2.24, 2.45) is 0 Å². The standard InChI is InChI=1S/C16H15ClFNOS/c17-14-5-1-3-12(9-14)11-21-8-7-19-16(20)13-4-2-6-15(18)10-13/h1-6,9-10H,7-8,11H2,(H,19,20). The fraction of sp³-hybridized carbons (Fsp3) is 0.188. The average Bonchev–Trinajstić information content (AvgIpc) is 2.47. The molecule has 0 aliphatic heterocycles. The summed E-state index contributed by atoms with van der Waals surface area (Å²) >= 11 is 7.62. The van der Waals surface area contributed by atoms with E-state index in [2.05, 4.69) is 5.32 Å². The van der Waals surface area contributed by atoms with Crippen LogP contribution in [0, 0.1) is 5.82 Å². The SMILES string of the molecule is O=C(NCCSCc1cccc(Cl)c1)c1cccc(F)c1. The molecule has 1 amide bonds. The number of carbonyl (C=O) groups is 1. The Labute approximate surface area is 132 Å². The zero-order valence-electron chi connectivity index (χ0n) is 11.3. The third kappa shape index (κ3) is 5.40. The highest BCUT2D eigenvalue weighted by atomic mass is 35.5. The lowest BCUT2D eigenvalue weighted by Gasteiger charge is -2.06. The number of hydrogen-bond acceptors (Lipinski definition) is 2. The van der Waals surface area contributed by atoms with Crippen LogP contribution in [0.4, 0.5) is 4.39 Å². The molecule has 0 bridgehead atoms. The molecule has 2 rings (SSSR count). The second-order valence-corrected chi connectivity index (χ2v) is 5.99. The van der Waals surface area contributed by atoms with Crippen LogP contribution < -0.4 is 5.32 Å². The summed E-state index contributed by atoms with van der Waals surface area (Å²) in [4.78, 5) is 11.8. The topological polar surface area (TPSA) is 29.1 Å². The van der Waals surface area contributed by atoms with Gasteiger partial charge in [-0.1, -0.05) is 29.8 Å². The molecule has 0 spiro atoms. The van der Waals surface area contributed by atoms with Crippen LogP contribution in [0.2, 0.25) is 5.02 Å². The lowest BCUT2D eigenvalue weighted by atomic mass is 10.2. The Morgan fingerprint density at radius 3 is 2.76 bits per heavy atom. The van der Waals surface area contributed by atoms with Gasteiger partial charge in [-0.2, -0.15) is 11.8 Å². The number of carbonyl (C=O) groups excluding carboxylic acids is 1. The fourth-order valence-corrected chi connectivity index (χ4v) is 2.80. The van der Waals surface area contributed by atoms with Crippen molar-refractivity contribution in [3.63, 3.8) is 0 Å². The van der Waals surface area contributed by atoms with Gasteiger partial charge >= 0.3 is 0 Å². The zero-order chi connectivity index (χ0) is 15.1. The minimum atomic E-state index is -0.405. The first-order valence-corrected chi connectivity index (χ1v) is 8.04. The van der Waals surface area contributed by atoms with E-state index in [0.29, 0.717) is 12.1 Å². The van der Waals surface area contributed by atoms with Crippen LogP contribution >= 0.6 is 23.4 Å². The molecule has 5 heteroatoms. The molecule has 0 atom stereocenters. The largest absolute Gasteiger partial charge is 0.351 e. The molecule has 0 heterocycles. The molecule has 0 aliphatic rings. The Morgan fingerprint density at radius 1 is 1.19 bits per heavy atom. The Hall–Kier alpha value is -1.52. The van der Waals surface area contributed by atoms with Crippen molar-refractivity contribution in [1.29, 1.82) is 0 Å². The third-order valence-electron chi connectivity index (χ3n) is 2.78. The molecule has 0 aliphatic carbocycles. The maximum Gasteiger partial charge on any atom is 0.251 e. The number of hydrogen-bond donors (Lipinski definition) is 1. The number of amides is 1. The van der Waals surface area contributed by atoms with E-state index in [4.69, 9.17) is 11.6 Å². The first-order chi connectivity index (χ1) is 10.1. The predicted molar refractivity (Wildman–Crippen MR) is 86.3 cm³/mol. The monoisotopic (exact) mass is 323 g/mol. The maximum atomic E-state index is 13.0. The minimum Gasteiger partial charge on any atom is -0.351 e. The molecular weight excluding hydrogens is 309 g/mol. The molecule has 2 nitrogen and oxygen atoms in total. The Morgan fingerprint density at radius 2 is 2.00 bits per heavy atom. The molecule has 2 aromatic carbocycles. The second-order valence-electron chi connectivity index (χ2n) is 4.45. The van der Waals surface area contributed by atoms with Gasteiger partial charge in [0.15, 0.2) is 0 Å². The number of halogens is 2. The fourth-order valence-electron chi connectivity index (χ4n) is 1.79. The summed E-state index contributed by atoms with van der Waals surface area (Å²) in [5.41, 5.74) is 1.50. The van der Waals surface area contributed by atoms with Crippen molar-refractivity contribution in [3.8, 4) is 0 Å². The van der Waals surface area contributed by atoms with Gasteiger partial charge in [-0.25, -0.2) is 4.39 Å². The number of nitrogens with one attached hydrogen (secondary N) is 1. The van der Waals surface area contributed by atoms with Crippen molar-refractivity contribution < 1.29 is 9.18 Å². The Kier molecular flexibility index (Phi) is 6.08. The van der Waals surface area contributed by atoms with E-state index in [9.17, 15) is 9.18 Å². The van der Waals surface area contributed by atoms with Gasteiger partial charge in [-0.15, -0.1) is 0 Å². The van der Waals surface area contributed by atoms with Gasteiger partial charge in [0.2, 0.25) is 0 Å². The molecule has 0 aromatic heterocycles. The zero-order valence-corrected chi connectivity index (χ0v) is 12.9. The number of rotatable bonds is 6. The minimum absolute atomic E-state index is 0.252. The van der Waals surface area contributed by atoms with E-state index < -0.39 is 5.82 Å². The summed E-state index contributed by atoms with van der Waals surface area (Å²) in [5, 5.41) is 3.50. The van der Waals surface area contributed by atoms with Crippen molar-refractivity contribution >= 4 is 29.3 Å². The molecule has 110 valence electrons. The molecular formula is C16H15ClFNOS. The van der Waals surface area contributed by atoms with Crippen LogP contribution in [-0.4, -0.2) is 18.2 Å². The van der Waals surface area contributed by atoms with Gasteiger partial charge < -0.3 is 5.32 Å². The van der Waals surface area contributed by atoms with Gasteiger partial charge in [-0.3, -0.25) is 4.79 Å². The van der Waals surface area contributed by atoms with E-state index in [0.717, 1.165) is 22.1 Å². The van der Waals surface area contributed by atoms with E-state index in [-0.39, 0.29) is 5.91 Å². The molecule has 0 fully saturated rings. The van der Waals surface area contributed by atoms with Crippen molar-refractivity contribution in [2.45, 2.75) is 5.75 Å². The molecule has 1 N–H and O–H groups in total.